The molecule has 2 bridgehead atoms. The van der Waals surface area contributed by atoms with Crippen molar-refractivity contribution >= 4 is 17.5 Å². The van der Waals surface area contributed by atoms with E-state index in [0.29, 0.717) is 22.7 Å². The third-order valence-electron chi connectivity index (χ3n) is 5.35. The minimum absolute atomic E-state index is 0.0271. The van der Waals surface area contributed by atoms with Crippen LogP contribution in [0.15, 0.2) is 24.3 Å². The van der Waals surface area contributed by atoms with E-state index in [4.69, 9.17) is 11.6 Å². The van der Waals surface area contributed by atoms with Gasteiger partial charge in [-0.05, 0) is 50.8 Å². The van der Waals surface area contributed by atoms with Crippen LogP contribution in [0, 0.1) is 0 Å². The quantitative estimate of drug-likeness (QED) is 0.872. The molecule has 1 aromatic rings. The van der Waals surface area contributed by atoms with E-state index in [0.717, 1.165) is 12.8 Å². The van der Waals surface area contributed by atoms with Crippen molar-refractivity contribution in [3.05, 3.63) is 34.9 Å². The summed E-state index contributed by atoms with van der Waals surface area (Å²) in [6.45, 7) is 3.48. The van der Waals surface area contributed by atoms with Crippen molar-refractivity contribution in [1.29, 1.82) is 0 Å². The van der Waals surface area contributed by atoms with Crippen LogP contribution in [0.3, 0.4) is 0 Å². The lowest BCUT2D eigenvalue weighted by Gasteiger charge is -2.49. The minimum atomic E-state index is -0.0271. The predicted octanol–water partition coefficient (Wildman–Crippen LogP) is 4.26. The van der Waals surface area contributed by atoms with Crippen LogP contribution in [0.4, 0.5) is 0 Å². The second-order valence-electron chi connectivity index (χ2n) is 6.95. The van der Waals surface area contributed by atoms with E-state index in [-0.39, 0.29) is 11.9 Å². The van der Waals surface area contributed by atoms with Crippen molar-refractivity contribution in [2.75, 3.05) is 6.54 Å². The normalized spacial score (nSPS) is 27.7. The van der Waals surface area contributed by atoms with Crippen molar-refractivity contribution in [3.8, 4) is 0 Å². The van der Waals surface area contributed by atoms with Gasteiger partial charge < -0.3 is 5.32 Å². The zero-order chi connectivity index (χ0) is 16.2. The molecule has 0 radical (unpaired) electrons. The number of amides is 1. The van der Waals surface area contributed by atoms with E-state index in [1.54, 1.807) is 12.1 Å². The molecule has 1 unspecified atom stereocenters. The molecular weight excluding hydrogens is 308 g/mol. The van der Waals surface area contributed by atoms with Crippen LogP contribution in [0.5, 0.6) is 0 Å². The van der Waals surface area contributed by atoms with Gasteiger partial charge in [-0.3, -0.25) is 9.69 Å². The van der Waals surface area contributed by atoms with Gasteiger partial charge in [0.25, 0.3) is 5.91 Å². The number of halogens is 1. The van der Waals surface area contributed by atoms with Crippen LogP contribution in [0.25, 0.3) is 0 Å². The largest absolute Gasteiger partial charge is 0.349 e. The van der Waals surface area contributed by atoms with E-state index >= 15 is 0 Å². The first kappa shape index (κ1) is 16.8. The molecule has 2 fully saturated rings. The van der Waals surface area contributed by atoms with E-state index in [9.17, 15) is 4.79 Å². The van der Waals surface area contributed by atoms with Crippen LogP contribution in [-0.4, -0.2) is 35.5 Å². The van der Waals surface area contributed by atoms with Crippen molar-refractivity contribution < 1.29 is 4.79 Å². The molecule has 3 nitrogen and oxygen atoms in total. The summed E-state index contributed by atoms with van der Waals surface area (Å²) in [5, 5.41) is 3.76. The molecule has 1 aromatic carbocycles. The molecule has 0 spiro atoms. The van der Waals surface area contributed by atoms with Crippen molar-refractivity contribution in [1.82, 2.24) is 10.2 Å². The molecule has 2 aliphatic heterocycles. The summed E-state index contributed by atoms with van der Waals surface area (Å²) in [6, 6.07) is 8.87. The number of nitrogens with one attached hydrogen (secondary N) is 1. The first-order valence-electron chi connectivity index (χ1n) is 9.00. The van der Waals surface area contributed by atoms with Crippen LogP contribution in [-0.2, 0) is 0 Å². The van der Waals surface area contributed by atoms with Gasteiger partial charge in [0.05, 0.1) is 10.6 Å². The first-order chi connectivity index (χ1) is 11.2. The number of hydrogen-bond acceptors (Lipinski definition) is 2. The molecule has 0 saturated carbocycles. The average molecular weight is 335 g/mol. The Morgan fingerprint density at radius 2 is 1.96 bits per heavy atom. The number of rotatable bonds is 5. The van der Waals surface area contributed by atoms with Gasteiger partial charge in [-0.15, -0.1) is 0 Å². The number of hydrogen-bond donors (Lipinski definition) is 1. The van der Waals surface area contributed by atoms with Gasteiger partial charge in [-0.25, -0.2) is 0 Å². The summed E-state index contributed by atoms with van der Waals surface area (Å²) in [5.74, 6) is -0.0271. The van der Waals surface area contributed by atoms with Gasteiger partial charge in [-0.1, -0.05) is 43.5 Å². The highest BCUT2D eigenvalue weighted by atomic mass is 35.5. The molecule has 4 heteroatoms. The minimum Gasteiger partial charge on any atom is -0.349 e. The fourth-order valence-electron chi connectivity index (χ4n) is 4.21. The second-order valence-corrected chi connectivity index (χ2v) is 7.36. The monoisotopic (exact) mass is 334 g/mol. The van der Waals surface area contributed by atoms with E-state index in [2.05, 4.69) is 17.1 Å². The summed E-state index contributed by atoms with van der Waals surface area (Å²) in [5.41, 5.74) is 0.590. The predicted molar refractivity (Wildman–Crippen MR) is 95.0 cm³/mol. The molecule has 1 amide bonds. The molecule has 126 valence electrons. The van der Waals surface area contributed by atoms with Gasteiger partial charge in [0.15, 0.2) is 0 Å². The Morgan fingerprint density at radius 1 is 1.26 bits per heavy atom. The molecule has 3 rings (SSSR count). The zero-order valence-electron chi connectivity index (χ0n) is 13.9. The summed E-state index contributed by atoms with van der Waals surface area (Å²) in [6.07, 6.45) is 8.58. The maximum Gasteiger partial charge on any atom is 0.253 e. The summed E-state index contributed by atoms with van der Waals surface area (Å²) >= 11 is 6.14. The topological polar surface area (TPSA) is 32.3 Å². The molecule has 3 atom stereocenters. The highest BCUT2D eigenvalue weighted by molar-refractivity contribution is 6.33. The molecule has 0 aliphatic carbocycles. The van der Waals surface area contributed by atoms with Gasteiger partial charge in [0.1, 0.15) is 0 Å². The fraction of sp³-hybridized carbons (Fsp3) is 0.632. The van der Waals surface area contributed by atoms with E-state index < -0.39 is 0 Å². The van der Waals surface area contributed by atoms with Crippen molar-refractivity contribution in [3.63, 3.8) is 0 Å². The summed E-state index contributed by atoms with van der Waals surface area (Å²) in [4.78, 5) is 15.2. The zero-order valence-corrected chi connectivity index (χ0v) is 14.7. The Labute approximate surface area is 144 Å². The van der Waals surface area contributed by atoms with Gasteiger partial charge in [0, 0.05) is 18.1 Å². The lowest BCUT2D eigenvalue weighted by atomic mass is 9.81. The maximum atomic E-state index is 12.5. The molecule has 2 saturated heterocycles. The third kappa shape index (κ3) is 3.89. The Hall–Kier alpha value is -1.06. The highest BCUT2D eigenvalue weighted by Gasteiger charge is 2.38. The van der Waals surface area contributed by atoms with Crippen LogP contribution in [0.1, 0.15) is 62.2 Å². The lowest BCUT2D eigenvalue weighted by Crippen LogP contribution is -2.57. The molecule has 2 heterocycles. The summed E-state index contributed by atoms with van der Waals surface area (Å²) in [7, 11) is 0. The number of benzene rings is 1. The number of nitrogens with zero attached hydrogens (tertiary/aromatic N) is 1. The Bertz CT molecular complexity index is 534. The lowest BCUT2D eigenvalue weighted by molar-refractivity contribution is 0.0234. The molecule has 23 heavy (non-hydrogen) atoms. The van der Waals surface area contributed by atoms with Gasteiger partial charge in [-0.2, -0.15) is 0 Å². The molecule has 1 N–H and O–H groups in total. The highest BCUT2D eigenvalue weighted by Crippen LogP contribution is 2.34. The third-order valence-corrected chi connectivity index (χ3v) is 5.68. The smallest absolute Gasteiger partial charge is 0.253 e. The number of piperidine rings is 2. The Morgan fingerprint density at radius 3 is 2.61 bits per heavy atom. The maximum absolute atomic E-state index is 12.5. The molecule has 0 aromatic heterocycles. The van der Waals surface area contributed by atoms with E-state index in [1.807, 2.05) is 12.1 Å². The van der Waals surface area contributed by atoms with Crippen LogP contribution in [0.2, 0.25) is 5.02 Å². The number of carbonyl (C=O) groups is 1. The van der Waals surface area contributed by atoms with Gasteiger partial charge >= 0.3 is 0 Å². The molecular formula is C19H27ClN2O. The van der Waals surface area contributed by atoms with Crippen LogP contribution < -0.4 is 5.32 Å². The number of fused-ring (bicyclic) bond motifs is 2. The number of unbranched alkanes of at least 4 members (excludes halogenated alkanes) is 1. The number of carbonyl (C=O) groups excluding carboxylic acids is 1. The summed E-state index contributed by atoms with van der Waals surface area (Å²) < 4.78 is 0. The van der Waals surface area contributed by atoms with Gasteiger partial charge in [0.2, 0.25) is 0 Å². The average Bonchev–Trinajstić information content (AvgIpc) is 2.53. The van der Waals surface area contributed by atoms with Crippen LogP contribution >= 0.6 is 11.6 Å². The fourth-order valence-corrected chi connectivity index (χ4v) is 4.43. The SMILES string of the molecule is CCCCN1[C@@H]2CCC[C@H]1CC(NC(=O)c1ccccc1Cl)C2. The Kier molecular flexibility index (Phi) is 5.60. The van der Waals surface area contributed by atoms with Crippen molar-refractivity contribution in [2.24, 2.45) is 0 Å². The molecule has 2 aliphatic rings. The van der Waals surface area contributed by atoms with Crippen molar-refractivity contribution in [2.45, 2.75) is 70.0 Å². The van der Waals surface area contributed by atoms with E-state index in [1.165, 1.54) is 38.6 Å². The second kappa shape index (κ2) is 7.67. The first-order valence-corrected chi connectivity index (χ1v) is 9.38. The standard InChI is InChI=1S/C19H27ClN2O/c1-2-3-11-22-15-7-6-8-16(22)13-14(12-15)21-19(23)17-9-4-5-10-18(17)20/h4-5,9-10,14-16H,2-3,6-8,11-13H2,1H3,(H,21,23)/t14?,15-,16+. The Balaban J connectivity index is 1.63.